The molecule has 110 valence electrons. The van der Waals surface area contributed by atoms with Crippen molar-refractivity contribution in [1.29, 1.82) is 0 Å². The molecule has 0 spiro atoms. The highest BCUT2D eigenvalue weighted by molar-refractivity contribution is 5.97. The number of nitrogens with zero attached hydrogens (tertiary/aromatic N) is 1. The highest BCUT2D eigenvalue weighted by atomic mass is 35.5. The first-order chi connectivity index (χ1) is 9.20. The summed E-state index contributed by atoms with van der Waals surface area (Å²) in [6, 6.07) is 4.18. The van der Waals surface area contributed by atoms with Gasteiger partial charge in [-0.25, -0.2) is 0 Å². The third kappa shape index (κ3) is 2.50. The van der Waals surface area contributed by atoms with Crippen LogP contribution in [0.25, 0.3) is 0 Å². The summed E-state index contributed by atoms with van der Waals surface area (Å²) in [5.41, 5.74) is 3.49. The van der Waals surface area contributed by atoms with Gasteiger partial charge in [-0.1, -0.05) is 6.92 Å². The number of fused-ring (bicyclic) bond motifs is 1. The lowest BCUT2D eigenvalue weighted by molar-refractivity contribution is -0.123. The van der Waals surface area contributed by atoms with Gasteiger partial charge in [0.15, 0.2) is 0 Å². The summed E-state index contributed by atoms with van der Waals surface area (Å²) < 4.78 is 5.49. The van der Waals surface area contributed by atoms with Gasteiger partial charge < -0.3 is 15.0 Å². The van der Waals surface area contributed by atoms with E-state index in [1.807, 2.05) is 11.8 Å². The molecule has 20 heavy (non-hydrogen) atoms. The first-order valence-corrected chi connectivity index (χ1v) is 6.92. The predicted octanol–water partition coefficient (Wildman–Crippen LogP) is 2.48. The maximum Gasteiger partial charge on any atom is 0.229 e. The van der Waals surface area contributed by atoms with Crippen LogP contribution in [0.15, 0.2) is 12.1 Å². The number of carbonyl (C=O) groups excluding carboxylic acids is 1. The van der Waals surface area contributed by atoms with Crippen LogP contribution < -0.4 is 15.0 Å². The van der Waals surface area contributed by atoms with Gasteiger partial charge in [-0.3, -0.25) is 4.79 Å². The zero-order valence-corrected chi connectivity index (χ0v) is 12.8. The zero-order chi connectivity index (χ0) is 13.4. The van der Waals surface area contributed by atoms with Gasteiger partial charge in [-0.05, 0) is 36.1 Å². The average molecular weight is 297 g/mol. The van der Waals surface area contributed by atoms with E-state index < -0.39 is 0 Å². The van der Waals surface area contributed by atoms with Crippen molar-refractivity contribution in [2.75, 3.05) is 18.6 Å². The van der Waals surface area contributed by atoms with Crippen molar-refractivity contribution >= 4 is 24.0 Å². The Balaban J connectivity index is 0.00000147. The van der Waals surface area contributed by atoms with Crippen LogP contribution in [0.2, 0.25) is 0 Å². The number of halogens is 1. The summed E-state index contributed by atoms with van der Waals surface area (Å²) in [7, 11) is 1.67. The SMILES string of the molecule is COc1cc2c(cc1N1CCCC(C)C1=O)CNC2.Cl. The second kappa shape index (κ2) is 6.02. The Hall–Kier alpha value is -1.26. The molecule has 0 aromatic heterocycles. The maximum absolute atomic E-state index is 12.3. The van der Waals surface area contributed by atoms with Gasteiger partial charge in [0, 0.05) is 25.6 Å². The first-order valence-electron chi connectivity index (χ1n) is 6.92. The molecule has 1 aromatic rings. The summed E-state index contributed by atoms with van der Waals surface area (Å²) in [5, 5.41) is 3.33. The molecule has 0 saturated carbocycles. The molecule has 1 N–H and O–H groups in total. The smallest absolute Gasteiger partial charge is 0.229 e. The Morgan fingerprint density at radius 3 is 2.70 bits per heavy atom. The third-order valence-electron chi connectivity index (χ3n) is 4.13. The molecular weight excluding hydrogens is 276 g/mol. The summed E-state index contributed by atoms with van der Waals surface area (Å²) in [5.74, 6) is 1.14. The van der Waals surface area contributed by atoms with Gasteiger partial charge in [0.05, 0.1) is 12.8 Å². The molecule has 1 aromatic carbocycles. The van der Waals surface area contributed by atoms with Crippen LogP contribution in [0.3, 0.4) is 0 Å². The van der Waals surface area contributed by atoms with E-state index in [0.29, 0.717) is 0 Å². The predicted molar refractivity (Wildman–Crippen MR) is 81.5 cm³/mol. The highest BCUT2D eigenvalue weighted by Crippen LogP contribution is 2.36. The fourth-order valence-corrected chi connectivity index (χ4v) is 2.98. The topological polar surface area (TPSA) is 41.6 Å². The van der Waals surface area contributed by atoms with Gasteiger partial charge in [0.25, 0.3) is 0 Å². The quantitative estimate of drug-likeness (QED) is 0.911. The standard InChI is InChI=1S/C15H20N2O2.ClH/c1-10-4-3-5-17(15(10)18)13-6-11-8-16-9-12(11)7-14(13)19-2;/h6-7,10,16H,3-5,8-9H2,1-2H3;1H. The van der Waals surface area contributed by atoms with Gasteiger partial charge in [0.2, 0.25) is 5.91 Å². The van der Waals surface area contributed by atoms with Gasteiger partial charge >= 0.3 is 0 Å². The number of benzene rings is 1. The lowest BCUT2D eigenvalue weighted by Gasteiger charge is -2.32. The van der Waals surface area contributed by atoms with Crippen molar-refractivity contribution in [1.82, 2.24) is 5.32 Å². The number of piperidine rings is 1. The molecule has 0 radical (unpaired) electrons. The van der Waals surface area contributed by atoms with Crippen LogP contribution in [0.5, 0.6) is 5.75 Å². The van der Waals surface area contributed by atoms with Crippen LogP contribution in [0, 0.1) is 5.92 Å². The van der Waals surface area contributed by atoms with Crippen molar-refractivity contribution in [3.05, 3.63) is 23.3 Å². The van der Waals surface area contributed by atoms with E-state index >= 15 is 0 Å². The monoisotopic (exact) mass is 296 g/mol. The molecule has 1 saturated heterocycles. The summed E-state index contributed by atoms with van der Waals surface area (Å²) in [6.07, 6.45) is 2.05. The van der Waals surface area contributed by atoms with Crippen molar-refractivity contribution < 1.29 is 9.53 Å². The fraction of sp³-hybridized carbons (Fsp3) is 0.533. The maximum atomic E-state index is 12.3. The molecular formula is C15H21ClN2O2. The number of carbonyl (C=O) groups is 1. The normalized spacial score (nSPS) is 21.4. The number of nitrogens with one attached hydrogen (secondary N) is 1. The minimum atomic E-state index is 0. The number of methoxy groups -OCH3 is 1. The van der Waals surface area contributed by atoms with Crippen LogP contribution in [-0.2, 0) is 17.9 Å². The van der Waals surface area contributed by atoms with Crippen LogP contribution in [0.4, 0.5) is 5.69 Å². The van der Waals surface area contributed by atoms with Crippen LogP contribution in [-0.4, -0.2) is 19.6 Å². The molecule has 3 rings (SSSR count). The van der Waals surface area contributed by atoms with E-state index in [2.05, 4.69) is 17.4 Å². The summed E-state index contributed by atoms with van der Waals surface area (Å²) in [4.78, 5) is 14.2. The molecule has 4 nitrogen and oxygen atoms in total. The largest absolute Gasteiger partial charge is 0.495 e. The molecule has 2 heterocycles. The van der Waals surface area contributed by atoms with Crippen molar-refractivity contribution in [3.63, 3.8) is 0 Å². The van der Waals surface area contributed by atoms with Gasteiger partial charge in [-0.2, -0.15) is 0 Å². The molecule has 1 amide bonds. The second-order valence-electron chi connectivity index (χ2n) is 5.43. The average Bonchev–Trinajstić information content (AvgIpc) is 2.87. The number of anilines is 1. The van der Waals surface area contributed by atoms with Crippen LogP contribution >= 0.6 is 12.4 Å². The molecule has 5 heteroatoms. The molecule has 1 atom stereocenters. The molecule has 2 aliphatic rings. The van der Waals surface area contributed by atoms with E-state index in [0.717, 1.165) is 43.9 Å². The van der Waals surface area contributed by atoms with E-state index in [4.69, 9.17) is 4.74 Å². The summed E-state index contributed by atoms with van der Waals surface area (Å²) in [6.45, 7) is 4.57. The van der Waals surface area contributed by atoms with Gasteiger partial charge in [-0.15, -0.1) is 12.4 Å². The molecule has 0 aliphatic carbocycles. The Kier molecular flexibility index (Phi) is 4.55. The minimum absolute atomic E-state index is 0. The fourth-order valence-electron chi connectivity index (χ4n) is 2.98. The Morgan fingerprint density at radius 1 is 1.30 bits per heavy atom. The third-order valence-corrected chi connectivity index (χ3v) is 4.13. The van der Waals surface area contributed by atoms with E-state index in [9.17, 15) is 4.79 Å². The molecule has 1 unspecified atom stereocenters. The van der Waals surface area contributed by atoms with Gasteiger partial charge in [0.1, 0.15) is 5.75 Å². The molecule has 2 aliphatic heterocycles. The van der Waals surface area contributed by atoms with Crippen molar-refractivity contribution in [2.45, 2.75) is 32.9 Å². The Labute approximate surface area is 125 Å². The van der Waals surface area contributed by atoms with Crippen molar-refractivity contribution in [2.24, 2.45) is 5.92 Å². The Bertz CT molecular complexity index is 519. The number of ether oxygens (including phenoxy) is 1. The van der Waals surface area contributed by atoms with E-state index in [1.165, 1.54) is 11.1 Å². The number of amides is 1. The number of hydrogen-bond acceptors (Lipinski definition) is 3. The van der Waals surface area contributed by atoms with Crippen LogP contribution in [0.1, 0.15) is 30.9 Å². The zero-order valence-electron chi connectivity index (χ0n) is 11.9. The van der Waals surface area contributed by atoms with Crippen molar-refractivity contribution in [3.8, 4) is 5.75 Å². The van der Waals surface area contributed by atoms with E-state index in [-0.39, 0.29) is 24.2 Å². The second-order valence-corrected chi connectivity index (χ2v) is 5.43. The molecule has 0 bridgehead atoms. The first kappa shape index (κ1) is 15.1. The number of rotatable bonds is 2. The van der Waals surface area contributed by atoms with E-state index in [1.54, 1.807) is 7.11 Å². The lowest BCUT2D eigenvalue weighted by atomic mass is 9.97. The number of hydrogen-bond donors (Lipinski definition) is 1. The molecule has 1 fully saturated rings. The lowest BCUT2D eigenvalue weighted by Crippen LogP contribution is -2.40. The minimum Gasteiger partial charge on any atom is -0.495 e. The Morgan fingerprint density at radius 2 is 2.00 bits per heavy atom. The highest BCUT2D eigenvalue weighted by Gasteiger charge is 2.29. The summed E-state index contributed by atoms with van der Waals surface area (Å²) >= 11 is 0.